The second-order valence-electron chi connectivity index (χ2n) is 5.46. The Balaban J connectivity index is 2.17. The molecule has 0 aromatic heterocycles. The van der Waals surface area contributed by atoms with Crippen LogP contribution in [-0.2, 0) is 20.7 Å². The highest BCUT2D eigenvalue weighted by molar-refractivity contribution is 5.89. The van der Waals surface area contributed by atoms with E-state index < -0.39 is 24.0 Å². The first-order chi connectivity index (χ1) is 12.1. The van der Waals surface area contributed by atoms with E-state index in [9.17, 15) is 9.59 Å². The van der Waals surface area contributed by atoms with Gasteiger partial charge in [0.2, 0.25) is 5.91 Å². The molecule has 2 aromatic rings. The zero-order valence-corrected chi connectivity index (χ0v) is 13.8. The van der Waals surface area contributed by atoms with Crippen molar-refractivity contribution >= 4 is 11.8 Å². The molecule has 0 aliphatic rings. The van der Waals surface area contributed by atoms with Gasteiger partial charge in [0.1, 0.15) is 6.04 Å². The molecule has 0 radical (unpaired) electrons. The summed E-state index contributed by atoms with van der Waals surface area (Å²) in [6, 6.07) is 16.9. The third-order valence-electron chi connectivity index (χ3n) is 3.80. The number of nitrogens with zero attached hydrogens (tertiary/aromatic N) is 1. The second kappa shape index (κ2) is 8.62. The lowest BCUT2D eigenvalue weighted by molar-refractivity contribution is -0.134. The van der Waals surface area contributed by atoms with Crippen LogP contribution in [0.4, 0.5) is 0 Å². The average Bonchev–Trinajstić information content (AvgIpc) is 2.63. The maximum atomic E-state index is 12.5. The number of benzene rings is 2. The number of rotatable bonds is 7. The van der Waals surface area contributed by atoms with Crippen LogP contribution in [0.3, 0.4) is 0 Å². The van der Waals surface area contributed by atoms with Crippen LogP contribution >= 0.6 is 0 Å². The van der Waals surface area contributed by atoms with Gasteiger partial charge in [0, 0.05) is 13.5 Å². The first-order valence-corrected chi connectivity index (χ1v) is 7.72. The van der Waals surface area contributed by atoms with E-state index in [1.54, 1.807) is 48.5 Å². The number of nitriles is 1. The molecule has 0 saturated heterocycles. The van der Waals surface area contributed by atoms with E-state index in [4.69, 9.17) is 15.7 Å². The summed E-state index contributed by atoms with van der Waals surface area (Å²) < 4.78 is 5.26. The van der Waals surface area contributed by atoms with Crippen molar-refractivity contribution < 1.29 is 14.3 Å². The summed E-state index contributed by atoms with van der Waals surface area (Å²) in [5.41, 5.74) is 7.18. The largest absolute Gasteiger partial charge is 0.368 e. The molecule has 0 aliphatic carbocycles. The maximum absolute atomic E-state index is 12.5. The van der Waals surface area contributed by atoms with Crippen molar-refractivity contribution in [2.45, 2.75) is 18.6 Å². The molecule has 0 unspecified atom stereocenters. The fraction of sp³-hybridized carbons (Fsp3) is 0.211. The molecule has 0 saturated carbocycles. The molecule has 0 fully saturated rings. The third kappa shape index (κ3) is 4.66. The van der Waals surface area contributed by atoms with Crippen molar-refractivity contribution in [3.8, 4) is 6.07 Å². The lowest BCUT2D eigenvalue weighted by Gasteiger charge is -2.20. The van der Waals surface area contributed by atoms with Gasteiger partial charge in [-0.05, 0) is 17.2 Å². The lowest BCUT2D eigenvalue weighted by atomic mass is 10.00. The Hall–Kier alpha value is -3.17. The van der Waals surface area contributed by atoms with E-state index in [2.05, 4.69) is 11.4 Å². The molecule has 2 rings (SSSR count). The van der Waals surface area contributed by atoms with Gasteiger partial charge in [-0.15, -0.1) is 0 Å². The molecule has 2 atom stereocenters. The van der Waals surface area contributed by atoms with Crippen molar-refractivity contribution in [3.63, 3.8) is 0 Å². The molecule has 0 heterocycles. The Kier molecular flexibility index (Phi) is 6.26. The summed E-state index contributed by atoms with van der Waals surface area (Å²) in [7, 11) is 1.42. The predicted octanol–water partition coefficient (Wildman–Crippen LogP) is 1.46. The van der Waals surface area contributed by atoms with E-state index in [0.717, 1.165) is 0 Å². The maximum Gasteiger partial charge on any atom is 0.254 e. The highest BCUT2D eigenvalue weighted by Gasteiger charge is 2.26. The zero-order valence-electron chi connectivity index (χ0n) is 13.8. The Morgan fingerprint density at radius 2 is 1.80 bits per heavy atom. The van der Waals surface area contributed by atoms with Gasteiger partial charge >= 0.3 is 0 Å². The van der Waals surface area contributed by atoms with Crippen LogP contribution in [0.15, 0.2) is 54.6 Å². The molecule has 6 heteroatoms. The van der Waals surface area contributed by atoms with E-state index in [0.29, 0.717) is 16.7 Å². The SMILES string of the molecule is CO[C@@H](C(=O)N[C@H](Cc1ccccc1C#N)C(N)=O)c1ccccc1. The van der Waals surface area contributed by atoms with Crippen LogP contribution in [0.25, 0.3) is 0 Å². The van der Waals surface area contributed by atoms with Crippen LogP contribution < -0.4 is 11.1 Å². The number of ether oxygens (including phenoxy) is 1. The first-order valence-electron chi connectivity index (χ1n) is 7.72. The van der Waals surface area contributed by atoms with E-state index in [1.165, 1.54) is 7.11 Å². The molecule has 0 aliphatic heterocycles. The number of nitrogens with two attached hydrogens (primary N) is 1. The Morgan fingerprint density at radius 1 is 1.16 bits per heavy atom. The normalized spacial score (nSPS) is 12.6. The number of carbonyl (C=O) groups is 2. The zero-order chi connectivity index (χ0) is 18.2. The highest BCUT2D eigenvalue weighted by atomic mass is 16.5. The van der Waals surface area contributed by atoms with E-state index in [1.807, 2.05) is 6.07 Å². The topological polar surface area (TPSA) is 105 Å². The minimum absolute atomic E-state index is 0.135. The summed E-state index contributed by atoms with van der Waals surface area (Å²) in [6.45, 7) is 0. The molecule has 6 nitrogen and oxygen atoms in total. The van der Waals surface area contributed by atoms with E-state index in [-0.39, 0.29) is 6.42 Å². The van der Waals surface area contributed by atoms with Gasteiger partial charge < -0.3 is 15.8 Å². The van der Waals surface area contributed by atoms with Gasteiger partial charge in [0.25, 0.3) is 5.91 Å². The minimum Gasteiger partial charge on any atom is -0.368 e. The summed E-state index contributed by atoms with van der Waals surface area (Å²) in [6.07, 6.45) is -0.718. The summed E-state index contributed by atoms with van der Waals surface area (Å²) in [5.74, 6) is -1.14. The second-order valence-corrected chi connectivity index (χ2v) is 5.46. The van der Waals surface area contributed by atoms with Crippen LogP contribution in [0.5, 0.6) is 0 Å². The smallest absolute Gasteiger partial charge is 0.254 e. The van der Waals surface area contributed by atoms with Crippen molar-refractivity contribution in [2.75, 3.05) is 7.11 Å². The average molecular weight is 337 g/mol. The number of amides is 2. The molecule has 2 amide bonds. The molecule has 0 spiro atoms. The first kappa shape index (κ1) is 18.2. The third-order valence-corrected chi connectivity index (χ3v) is 3.80. The Morgan fingerprint density at radius 3 is 2.40 bits per heavy atom. The molecule has 3 N–H and O–H groups in total. The number of hydrogen-bond acceptors (Lipinski definition) is 4. The highest BCUT2D eigenvalue weighted by Crippen LogP contribution is 2.17. The van der Waals surface area contributed by atoms with E-state index >= 15 is 0 Å². The Labute approximate surface area is 146 Å². The summed E-state index contributed by atoms with van der Waals surface area (Å²) in [5, 5.41) is 11.8. The van der Waals surface area contributed by atoms with Gasteiger partial charge in [-0.1, -0.05) is 48.5 Å². The quantitative estimate of drug-likeness (QED) is 0.798. The molecule has 0 bridgehead atoms. The minimum atomic E-state index is -0.941. The lowest BCUT2D eigenvalue weighted by Crippen LogP contribution is -2.47. The predicted molar refractivity (Wildman–Crippen MR) is 92.2 cm³/mol. The van der Waals surface area contributed by atoms with Gasteiger partial charge in [-0.3, -0.25) is 9.59 Å². The number of nitrogens with one attached hydrogen (secondary N) is 1. The number of methoxy groups -OCH3 is 1. The van der Waals surface area contributed by atoms with Crippen LogP contribution in [0.1, 0.15) is 22.8 Å². The van der Waals surface area contributed by atoms with Crippen LogP contribution in [0.2, 0.25) is 0 Å². The molecule has 25 heavy (non-hydrogen) atoms. The molecular formula is C19H19N3O3. The van der Waals surface area contributed by atoms with Crippen molar-refractivity contribution in [2.24, 2.45) is 5.73 Å². The summed E-state index contributed by atoms with van der Waals surface area (Å²) in [4.78, 5) is 24.3. The number of primary amides is 1. The molecule has 2 aromatic carbocycles. The standard InChI is InChI=1S/C19H19N3O3/c1-25-17(13-7-3-2-4-8-13)19(24)22-16(18(21)23)11-14-9-5-6-10-15(14)12-20/h2-10,16-17H,11H2,1H3,(H2,21,23)(H,22,24)/t16-,17-/m1/s1. The van der Waals surface area contributed by atoms with Gasteiger partial charge in [-0.25, -0.2) is 0 Å². The number of carbonyl (C=O) groups excluding carboxylic acids is 2. The van der Waals surface area contributed by atoms with Gasteiger partial charge in [0.15, 0.2) is 6.10 Å². The monoisotopic (exact) mass is 337 g/mol. The van der Waals surface area contributed by atoms with Crippen molar-refractivity contribution in [1.29, 1.82) is 5.26 Å². The fourth-order valence-corrected chi connectivity index (χ4v) is 2.52. The molecule has 128 valence electrons. The fourth-order valence-electron chi connectivity index (χ4n) is 2.52. The Bertz CT molecular complexity index is 784. The number of hydrogen-bond donors (Lipinski definition) is 2. The van der Waals surface area contributed by atoms with Crippen molar-refractivity contribution in [1.82, 2.24) is 5.32 Å². The van der Waals surface area contributed by atoms with Crippen molar-refractivity contribution in [3.05, 3.63) is 71.3 Å². The molecular weight excluding hydrogens is 318 g/mol. The van der Waals surface area contributed by atoms with Gasteiger partial charge in [0.05, 0.1) is 11.6 Å². The van der Waals surface area contributed by atoms with Gasteiger partial charge in [-0.2, -0.15) is 5.26 Å². The van der Waals surface area contributed by atoms with Crippen LogP contribution in [0, 0.1) is 11.3 Å². The van der Waals surface area contributed by atoms with Crippen LogP contribution in [-0.4, -0.2) is 25.0 Å². The summed E-state index contributed by atoms with van der Waals surface area (Å²) >= 11 is 0.